The van der Waals surface area contributed by atoms with Crippen LogP contribution in [0.5, 0.6) is 0 Å². The van der Waals surface area contributed by atoms with Gasteiger partial charge in [-0.3, -0.25) is 4.90 Å². The number of nitrogens with zero attached hydrogens (tertiary/aromatic N) is 1. The molecule has 0 aliphatic heterocycles. The summed E-state index contributed by atoms with van der Waals surface area (Å²) in [6.45, 7) is 5.91. The molecule has 2 aromatic carbocycles. The Bertz CT molecular complexity index is 519. The lowest BCUT2D eigenvalue weighted by Gasteiger charge is -2.28. The summed E-state index contributed by atoms with van der Waals surface area (Å²) in [6, 6.07) is 19.2. The number of hydrogen-bond acceptors (Lipinski definition) is 1. The van der Waals surface area contributed by atoms with Crippen LogP contribution in [-0.4, -0.2) is 11.6 Å². The van der Waals surface area contributed by atoms with E-state index in [0.717, 1.165) is 11.4 Å². The van der Waals surface area contributed by atoms with Crippen molar-refractivity contribution in [1.82, 2.24) is 5.32 Å². The maximum absolute atomic E-state index is 12.6. The molecule has 0 aliphatic rings. The number of rotatable bonds is 2. The molecule has 1 N–H and O–H groups in total. The number of para-hydroxylation sites is 2. The summed E-state index contributed by atoms with van der Waals surface area (Å²) in [4.78, 5) is 14.3. The summed E-state index contributed by atoms with van der Waals surface area (Å²) in [5.41, 5.74) is 1.42. The van der Waals surface area contributed by atoms with Gasteiger partial charge >= 0.3 is 6.03 Å². The maximum Gasteiger partial charge on any atom is 0.326 e. The number of hydrogen-bond donors (Lipinski definition) is 1. The highest BCUT2D eigenvalue weighted by molar-refractivity contribution is 5.99. The van der Waals surface area contributed by atoms with Gasteiger partial charge in [0.1, 0.15) is 0 Å². The van der Waals surface area contributed by atoms with Gasteiger partial charge in [0.05, 0.1) is 11.4 Å². The smallest absolute Gasteiger partial charge is 0.326 e. The van der Waals surface area contributed by atoms with Crippen LogP contribution in [0.2, 0.25) is 0 Å². The molecule has 2 amide bonds. The molecule has 0 fully saturated rings. The summed E-state index contributed by atoms with van der Waals surface area (Å²) in [6.07, 6.45) is 0. The van der Waals surface area contributed by atoms with Gasteiger partial charge in [0.15, 0.2) is 0 Å². The number of carbonyl (C=O) groups excluding carboxylic acids is 1. The second-order valence-electron chi connectivity index (χ2n) is 5.69. The monoisotopic (exact) mass is 268 g/mol. The molecule has 0 radical (unpaired) electrons. The summed E-state index contributed by atoms with van der Waals surface area (Å²) in [5.74, 6) is 0. The van der Waals surface area contributed by atoms with E-state index >= 15 is 0 Å². The van der Waals surface area contributed by atoms with Gasteiger partial charge in [-0.1, -0.05) is 36.4 Å². The molecule has 3 heteroatoms. The first-order valence-corrected chi connectivity index (χ1v) is 6.70. The van der Waals surface area contributed by atoms with Crippen molar-refractivity contribution in [3.63, 3.8) is 0 Å². The Morgan fingerprint density at radius 3 is 1.60 bits per heavy atom. The van der Waals surface area contributed by atoms with Crippen LogP contribution in [0.25, 0.3) is 0 Å². The average molecular weight is 268 g/mol. The molecule has 3 nitrogen and oxygen atoms in total. The molecule has 104 valence electrons. The Morgan fingerprint density at radius 2 is 1.25 bits per heavy atom. The van der Waals surface area contributed by atoms with Crippen LogP contribution >= 0.6 is 0 Å². The van der Waals surface area contributed by atoms with E-state index in [0.29, 0.717) is 0 Å². The molecule has 0 saturated heterocycles. The van der Waals surface area contributed by atoms with Crippen molar-refractivity contribution >= 4 is 17.4 Å². The Morgan fingerprint density at radius 1 is 0.850 bits per heavy atom. The first-order valence-electron chi connectivity index (χ1n) is 6.70. The predicted octanol–water partition coefficient (Wildman–Crippen LogP) is 4.33. The molecule has 0 aromatic heterocycles. The zero-order valence-electron chi connectivity index (χ0n) is 12.1. The summed E-state index contributed by atoms with van der Waals surface area (Å²) < 4.78 is 0. The van der Waals surface area contributed by atoms with Gasteiger partial charge in [-0.25, -0.2) is 4.79 Å². The Hall–Kier alpha value is -2.29. The quantitative estimate of drug-likeness (QED) is 0.863. The van der Waals surface area contributed by atoms with Gasteiger partial charge in [0.2, 0.25) is 0 Å². The lowest BCUT2D eigenvalue weighted by Crippen LogP contribution is -2.47. The molecule has 2 rings (SSSR count). The van der Waals surface area contributed by atoms with Crippen LogP contribution in [-0.2, 0) is 0 Å². The molecule has 0 bridgehead atoms. The van der Waals surface area contributed by atoms with Crippen LogP contribution in [0.3, 0.4) is 0 Å². The molecular formula is C17H20N2O. The lowest BCUT2D eigenvalue weighted by molar-refractivity contribution is 0.240. The average Bonchev–Trinajstić information content (AvgIpc) is 2.39. The molecule has 0 spiro atoms. The Kier molecular flexibility index (Phi) is 4.08. The first-order chi connectivity index (χ1) is 9.47. The molecule has 20 heavy (non-hydrogen) atoms. The fraction of sp³-hybridized carbons (Fsp3) is 0.235. The number of benzene rings is 2. The van der Waals surface area contributed by atoms with Crippen LogP contribution in [0.4, 0.5) is 16.2 Å². The van der Waals surface area contributed by atoms with Crippen LogP contribution < -0.4 is 10.2 Å². The van der Waals surface area contributed by atoms with E-state index in [1.807, 2.05) is 81.4 Å². The number of amides is 2. The SMILES string of the molecule is CC(C)(C)NC(=O)N(c1ccccc1)c1ccccc1. The fourth-order valence-electron chi connectivity index (χ4n) is 1.91. The zero-order chi connectivity index (χ0) is 14.6. The second kappa shape index (κ2) is 5.78. The third kappa shape index (κ3) is 3.60. The molecule has 0 aliphatic carbocycles. The van der Waals surface area contributed by atoms with E-state index in [2.05, 4.69) is 5.32 Å². The van der Waals surface area contributed by atoms with E-state index in [9.17, 15) is 4.79 Å². The van der Waals surface area contributed by atoms with Gasteiger partial charge < -0.3 is 5.32 Å². The third-order valence-corrected chi connectivity index (χ3v) is 2.71. The van der Waals surface area contributed by atoms with E-state index in [4.69, 9.17) is 0 Å². The largest absolute Gasteiger partial charge is 0.333 e. The normalized spacial score (nSPS) is 10.9. The third-order valence-electron chi connectivity index (χ3n) is 2.71. The van der Waals surface area contributed by atoms with E-state index in [1.54, 1.807) is 4.90 Å². The van der Waals surface area contributed by atoms with Crippen molar-refractivity contribution in [1.29, 1.82) is 0 Å². The van der Waals surface area contributed by atoms with Gasteiger partial charge in [0, 0.05) is 5.54 Å². The van der Waals surface area contributed by atoms with Gasteiger partial charge in [-0.15, -0.1) is 0 Å². The number of carbonyl (C=O) groups is 1. The highest BCUT2D eigenvalue weighted by Crippen LogP contribution is 2.25. The highest BCUT2D eigenvalue weighted by atomic mass is 16.2. The molecule has 0 atom stereocenters. The minimum Gasteiger partial charge on any atom is -0.333 e. The van der Waals surface area contributed by atoms with Crippen molar-refractivity contribution in [2.75, 3.05) is 4.90 Å². The maximum atomic E-state index is 12.6. The van der Waals surface area contributed by atoms with Crippen molar-refractivity contribution in [3.8, 4) is 0 Å². The van der Waals surface area contributed by atoms with Crippen LogP contribution in [0, 0.1) is 0 Å². The summed E-state index contributed by atoms with van der Waals surface area (Å²) >= 11 is 0. The predicted molar refractivity (Wildman–Crippen MR) is 83.3 cm³/mol. The van der Waals surface area contributed by atoms with E-state index in [-0.39, 0.29) is 11.6 Å². The minimum absolute atomic E-state index is 0.130. The zero-order valence-corrected chi connectivity index (χ0v) is 12.1. The van der Waals surface area contributed by atoms with Crippen molar-refractivity contribution in [2.24, 2.45) is 0 Å². The Labute approximate surface area is 120 Å². The van der Waals surface area contributed by atoms with E-state index in [1.165, 1.54) is 0 Å². The number of nitrogens with one attached hydrogen (secondary N) is 1. The van der Waals surface area contributed by atoms with Crippen molar-refractivity contribution in [2.45, 2.75) is 26.3 Å². The standard InChI is InChI=1S/C17H20N2O/c1-17(2,3)18-16(20)19(14-10-6-4-7-11-14)15-12-8-5-9-13-15/h4-13H,1-3H3,(H,18,20). The van der Waals surface area contributed by atoms with Crippen LogP contribution in [0.1, 0.15) is 20.8 Å². The molecule has 2 aromatic rings. The summed E-state index contributed by atoms with van der Waals surface area (Å²) in [5, 5.41) is 3.00. The first kappa shape index (κ1) is 14.1. The van der Waals surface area contributed by atoms with Crippen molar-refractivity contribution < 1.29 is 4.79 Å². The van der Waals surface area contributed by atoms with E-state index < -0.39 is 0 Å². The molecule has 0 unspecified atom stereocenters. The number of anilines is 2. The van der Waals surface area contributed by atoms with Gasteiger partial charge in [0.25, 0.3) is 0 Å². The molecule has 0 heterocycles. The Balaban J connectivity index is 2.38. The minimum atomic E-state index is -0.279. The topological polar surface area (TPSA) is 32.3 Å². The van der Waals surface area contributed by atoms with Gasteiger partial charge in [-0.05, 0) is 45.0 Å². The van der Waals surface area contributed by atoms with Gasteiger partial charge in [-0.2, -0.15) is 0 Å². The van der Waals surface area contributed by atoms with Crippen molar-refractivity contribution in [3.05, 3.63) is 60.7 Å². The molecule has 0 saturated carbocycles. The highest BCUT2D eigenvalue weighted by Gasteiger charge is 2.22. The van der Waals surface area contributed by atoms with Crippen LogP contribution in [0.15, 0.2) is 60.7 Å². The molecular weight excluding hydrogens is 248 g/mol. The fourth-order valence-corrected chi connectivity index (χ4v) is 1.91. The number of urea groups is 1. The lowest BCUT2D eigenvalue weighted by atomic mass is 10.1. The summed E-state index contributed by atoms with van der Waals surface area (Å²) in [7, 11) is 0. The second-order valence-corrected chi connectivity index (χ2v) is 5.69.